The van der Waals surface area contributed by atoms with E-state index in [-0.39, 0.29) is 0 Å². The summed E-state index contributed by atoms with van der Waals surface area (Å²) in [5.41, 5.74) is 0. The van der Waals surface area contributed by atoms with Crippen molar-refractivity contribution in [3.63, 3.8) is 0 Å². The van der Waals surface area contributed by atoms with Crippen molar-refractivity contribution in [2.24, 2.45) is 0 Å². The molecule has 0 fully saturated rings. The van der Waals surface area contributed by atoms with Crippen LogP contribution in [0.3, 0.4) is 0 Å². The molecule has 0 saturated heterocycles. The van der Waals surface area contributed by atoms with E-state index < -0.39 is 0 Å². The van der Waals surface area contributed by atoms with Crippen LogP contribution in [0, 0.1) is 0 Å². The van der Waals surface area contributed by atoms with Gasteiger partial charge < -0.3 is 4.74 Å². The largest absolute Gasteiger partial charge is 0.494 e. The van der Waals surface area contributed by atoms with E-state index in [9.17, 15) is 0 Å². The summed E-state index contributed by atoms with van der Waals surface area (Å²) in [5, 5.41) is 0. The maximum absolute atomic E-state index is 5.62. The summed E-state index contributed by atoms with van der Waals surface area (Å²) in [6.07, 6.45) is 5.24. The van der Waals surface area contributed by atoms with Gasteiger partial charge in [0, 0.05) is 0 Å². The molecule has 1 nitrogen and oxygen atoms in total. The number of hydrogen-bond donors (Lipinski definition) is 0. The third-order valence-electron chi connectivity index (χ3n) is 2.26. The molecule has 0 aliphatic heterocycles. The van der Waals surface area contributed by atoms with Crippen molar-refractivity contribution < 1.29 is 4.74 Å². The lowest BCUT2D eigenvalue weighted by molar-refractivity contribution is 0.306. The van der Waals surface area contributed by atoms with Crippen LogP contribution in [0.4, 0.5) is 0 Å². The summed E-state index contributed by atoms with van der Waals surface area (Å²) in [6, 6.07) is 10.1. The lowest BCUT2D eigenvalue weighted by atomic mass is 10.3. The van der Waals surface area contributed by atoms with E-state index in [4.69, 9.17) is 4.74 Å². The molecule has 0 bridgehead atoms. The number of unbranched alkanes of at least 4 members (excludes halogenated alkanes) is 2. The molecule has 0 aromatic heterocycles. The molecule has 0 N–H and O–H groups in total. The molecule has 0 radical (unpaired) electrons. The average Bonchev–Trinajstić information content (AvgIpc) is 2.24. The van der Waals surface area contributed by atoms with Gasteiger partial charge >= 0.3 is 0 Å². The van der Waals surface area contributed by atoms with E-state index in [1.165, 1.54) is 25.4 Å². The second kappa shape index (κ2) is 7.70. The van der Waals surface area contributed by atoms with Crippen molar-refractivity contribution in [2.45, 2.75) is 19.3 Å². The molecule has 2 heteroatoms. The molecular weight excluding hydrogens is 203 g/mol. The molecule has 0 aliphatic rings. The van der Waals surface area contributed by atoms with Crippen LogP contribution in [-0.2, 0) is 0 Å². The summed E-state index contributed by atoms with van der Waals surface area (Å²) in [4.78, 5) is 0. The van der Waals surface area contributed by atoms with Gasteiger partial charge in [-0.15, -0.1) is 7.92 Å². The van der Waals surface area contributed by atoms with Crippen LogP contribution in [0.5, 0.6) is 5.75 Å². The standard InChI is InChI=1S/C13H21OP/c1-15(2)12-8-4-7-11-14-13-9-5-3-6-10-13/h3,5-6,9-10H,4,7-8,11-12H2,1-2H3. The Balaban J connectivity index is 1.98. The molecule has 84 valence electrons. The normalized spacial score (nSPS) is 10.6. The number of rotatable bonds is 7. The SMILES string of the molecule is CP(C)CCCCCOc1ccccc1. The van der Waals surface area contributed by atoms with E-state index >= 15 is 0 Å². The minimum absolute atomic E-state index is 0.294. The van der Waals surface area contributed by atoms with Crippen molar-refractivity contribution in [2.75, 3.05) is 26.1 Å². The predicted molar refractivity (Wildman–Crippen MR) is 69.4 cm³/mol. The highest BCUT2D eigenvalue weighted by molar-refractivity contribution is 7.55. The van der Waals surface area contributed by atoms with Crippen molar-refractivity contribution in [1.29, 1.82) is 0 Å². The zero-order chi connectivity index (χ0) is 10.9. The van der Waals surface area contributed by atoms with Crippen molar-refractivity contribution >= 4 is 7.92 Å². The van der Waals surface area contributed by atoms with Crippen LogP contribution >= 0.6 is 7.92 Å². The molecule has 1 aromatic carbocycles. The average molecular weight is 224 g/mol. The number of hydrogen-bond acceptors (Lipinski definition) is 1. The highest BCUT2D eigenvalue weighted by atomic mass is 31.1. The van der Waals surface area contributed by atoms with Crippen molar-refractivity contribution in [1.82, 2.24) is 0 Å². The van der Waals surface area contributed by atoms with Crippen molar-refractivity contribution in [3.8, 4) is 5.75 Å². The van der Waals surface area contributed by atoms with Crippen LogP contribution in [0.1, 0.15) is 19.3 Å². The predicted octanol–water partition coefficient (Wildman–Crippen LogP) is 3.98. The monoisotopic (exact) mass is 224 g/mol. The molecule has 1 aromatic rings. The molecular formula is C13H21OP. The van der Waals surface area contributed by atoms with Gasteiger partial charge in [0.2, 0.25) is 0 Å². The summed E-state index contributed by atoms with van der Waals surface area (Å²) in [5.74, 6) is 0.991. The first-order valence-corrected chi connectivity index (χ1v) is 8.04. The Kier molecular flexibility index (Phi) is 6.43. The minimum Gasteiger partial charge on any atom is -0.494 e. The van der Waals surface area contributed by atoms with Gasteiger partial charge in [-0.25, -0.2) is 0 Å². The first kappa shape index (κ1) is 12.5. The Bertz CT molecular complexity index is 246. The summed E-state index contributed by atoms with van der Waals surface area (Å²) in [6.45, 7) is 5.54. The van der Waals surface area contributed by atoms with Gasteiger partial charge in [-0.3, -0.25) is 0 Å². The number of benzene rings is 1. The van der Waals surface area contributed by atoms with Crippen molar-refractivity contribution in [3.05, 3.63) is 30.3 Å². The topological polar surface area (TPSA) is 9.23 Å². The fourth-order valence-electron chi connectivity index (χ4n) is 1.41. The van der Waals surface area contributed by atoms with Gasteiger partial charge in [-0.1, -0.05) is 18.2 Å². The van der Waals surface area contributed by atoms with Crippen LogP contribution < -0.4 is 4.74 Å². The summed E-state index contributed by atoms with van der Waals surface area (Å²) in [7, 11) is 0.294. The van der Waals surface area contributed by atoms with Gasteiger partial charge in [0.25, 0.3) is 0 Å². The molecule has 0 saturated carbocycles. The fraction of sp³-hybridized carbons (Fsp3) is 0.538. The molecule has 0 heterocycles. The van der Waals surface area contributed by atoms with E-state index in [1.807, 2.05) is 30.3 Å². The van der Waals surface area contributed by atoms with E-state index in [0.717, 1.165) is 12.4 Å². The Morgan fingerprint density at radius 1 is 1.00 bits per heavy atom. The molecule has 0 amide bonds. The maximum atomic E-state index is 5.62. The van der Waals surface area contributed by atoms with Gasteiger partial charge in [0.05, 0.1) is 6.61 Å². The van der Waals surface area contributed by atoms with Gasteiger partial charge in [0.1, 0.15) is 5.75 Å². The van der Waals surface area contributed by atoms with Crippen LogP contribution in [-0.4, -0.2) is 26.1 Å². The van der Waals surface area contributed by atoms with Gasteiger partial charge in [-0.2, -0.15) is 0 Å². The third-order valence-corrected chi connectivity index (χ3v) is 3.47. The third kappa shape index (κ3) is 6.52. The zero-order valence-corrected chi connectivity index (χ0v) is 10.7. The van der Waals surface area contributed by atoms with E-state index in [1.54, 1.807) is 0 Å². The van der Waals surface area contributed by atoms with Crippen LogP contribution in [0.2, 0.25) is 0 Å². The van der Waals surface area contributed by atoms with E-state index in [2.05, 4.69) is 13.3 Å². The molecule has 1 rings (SSSR count). The van der Waals surface area contributed by atoms with Crippen LogP contribution in [0.25, 0.3) is 0 Å². The Morgan fingerprint density at radius 3 is 2.40 bits per heavy atom. The molecule has 0 atom stereocenters. The molecule has 0 unspecified atom stereocenters. The maximum Gasteiger partial charge on any atom is 0.119 e. The van der Waals surface area contributed by atoms with Gasteiger partial charge in [0.15, 0.2) is 0 Å². The lowest BCUT2D eigenvalue weighted by Gasteiger charge is -2.07. The van der Waals surface area contributed by atoms with Crippen LogP contribution in [0.15, 0.2) is 30.3 Å². The summed E-state index contributed by atoms with van der Waals surface area (Å²) < 4.78 is 5.62. The first-order chi connectivity index (χ1) is 7.29. The highest BCUT2D eigenvalue weighted by Crippen LogP contribution is 2.25. The Morgan fingerprint density at radius 2 is 1.73 bits per heavy atom. The quantitative estimate of drug-likeness (QED) is 0.503. The first-order valence-electron chi connectivity index (χ1n) is 5.61. The second-order valence-corrected chi connectivity index (χ2v) is 6.63. The smallest absolute Gasteiger partial charge is 0.119 e. The summed E-state index contributed by atoms with van der Waals surface area (Å²) >= 11 is 0. The fourth-order valence-corrected chi connectivity index (χ4v) is 2.27. The lowest BCUT2D eigenvalue weighted by Crippen LogP contribution is -1.97. The van der Waals surface area contributed by atoms with Gasteiger partial charge in [-0.05, 0) is 50.9 Å². The second-order valence-electron chi connectivity index (χ2n) is 4.03. The minimum atomic E-state index is 0.294. The highest BCUT2D eigenvalue weighted by Gasteiger charge is 1.94. The Hall–Kier alpha value is -0.550. The molecule has 0 spiro atoms. The molecule has 0 aliphatic carbocycles. The Labute approximate surface area is 94.6 Å². The number of para-hydroxylation sites is 1. The van der Waals surface area contributed by atoms with E-state index in [0.29, 0.717) is 7.92 Å². The zero-order valence-electron chi connectivity index (χ0n) is 9.78. The number of ether oxygens (including phenoxy) is 1. The molecule has 15 heavy (non-hydrogen) atoms.